The molecule has 6 nitrogen and oxygen atoms in total. The molecule has 5 saturated carbocycles. The number of carboxylic acids is 2. The van der Waals surface area contributed by atoms with Gasteiger partial charge in [0.05, 0.1) is 16.9 Å². The molecular formula is C30H46O6. The van der Waals surface area contributed by atoms with Crippen LogP contribution in [-0.2, 0) is 14.4 Å². The van der Waals surface area contributed by atoms with Gasteiger partial charge in [-0.3, -0.25) is 9.59 Å². The maximum absolute atomic E-state index is 12.8. The Morgan fingerprint density at radius 3 is 2.11 bits per heavy atom. The zero-order chi connectivity index (χ0) is 26.5. The Hall–Kier alpha value is -1.43. The van der Waals surface area contributed by atoms with Crippen LogP contribution < -0.4 is 0 Å². The fourth-order valence-electron chi connectivity index (χ4n) is 11.7. The summed E-state index contributed by atoms with van der Waals surface area (Å²) in [7, 11) is 0. The molecule has 0 saturated heterocycles. The molecule has 36 heavy (non-hydrogen) atoms. The van der Waals surface area contributed by atoms with Crippen molar-refractivity contribution in [2.45, 2.75) is 105 Å². The highest BCUT2D eigenvalue weighted by Gasteiger charge is 2.73. The molecular weight excluding hydrogens is 456 g/mol. The number of aldehydes is 1. The molecule has 0 aromatic rings. The Balaban J connectivity index is 1.57. The third-order valence-corrected chi connectivity index (χ3v) is 13.9. The highest BCUT2D eigenvalue weighted by atomic mass is 16.4. The van der Waals surface area contributed by atoms with Crippen molar-refractivity contribution >= 4 is 18.2 Å². The second kappa shape index (κ2) is 8.04. The Morgan fingerprint density at radius 2 is 1.50 bits per heavy atom. The van der Waals surface area contributed by atoms with Gasteiger partial charge in [-0.25, -0.2) is 0 Å². The van der Waals surface area contributed by atoms with Gasteiger partial charge in [0.2, 0.25) is 0 Å². The van der Waals surface area contributed by atoms with Gasteiger partial charge < -0.3 is 20.1 Å². The molecule has 12 atom stereocenters. The van der Waals surface area contributed by atoms with Gasteiger partial charge in [-0.1, -0.05) is 27.7 Å². The molecule has 5 fully saturated rings. The van der Waals surface area contributed by atoms with Crippen LogP contribution in [0, 0.1) is 62.6 Å². The lowest BCUT2D eigenvalue weighted by atomic mass is 9.32. The predicted molar refractivity (Wildman–Crippen MR) is 135 cm³/mol. The first-order chi connectivity index (χ1) is 16.7. The quantitative estimate of drug-likeness (QED) is 0.443. The average Bonchev–Trinajstić information content (AvgIpc) is 3.22. The third kappa shape index (κ3) is 2.91. The van der Waals surface area contributed by atoms with Crippen LogP contribution in [0.1, 0.15) is 98.8 Å². The van der Waals surface area contributed by atoms with Crippen LogP contribution >= 0.6 is 0 Å². The smallest absolute Gasteiger partial charge is 0.312 e. The molecule has 5 rings (SSSR count). The number of aliphatic hydroxyl groups is 1. The summed E-state index contributed by atoms with van der Waals surface area (Å²) in [6.45, 7) is 10.9. The van der Waals surface area contributed by atoms with Crippen LogP contribution in [0.2, 0.25) is 0 Å². The topological polar surface area (TPSA) is 112 Å². The van der Waals surface area contributed by atoms with Gasteiger partial charge in [0.1, 0.15) is 6.29 Å². The van der Waals surface area contributed by atoms with Crippen LogP contribution in [-0.4, -0.2) is 39.6 Å². The van der Waals surface area contributed by atoms with E-state index >= 15 is 0 Å². The fraction of sp³-hybridized carbons (Fsp3) is 0.900. The molecule has 0 amide bonds. The van der Waals surface area contributed by atoms with E-state index in [1.54, 1.807) is 6.92 Å². The van der Waals surface area contributed by atoms with E-state index < -0.39 is 28.9 Å². The number of aliphatic carboxylic acids is 2. The number of carbonyl (C=O) groups excluding carboxylic acids is 1. The molecule has 0 aromatic carbocycles. The van der Waals surface area contributed by atoms with Gasteiger partial charge in [0.15, 0.2) is 0 Å². The largest absolute Gasteiger partial charge is 0.481 e. The van der Waals surface area contributed by atoms with E-state index in [9.17, 15) is 29.7 Å². The van der Waals surface area contributed by atoms with E-state index in [1.165, 1.54) is 0 Å². The fourth-order valence-corrected chi connectivity index (χ4v) is 11.7. The highest BCUT2D eigenvalue weighted by molar-refractivity contribution is 5.77. The zero-order valence-electron chi connectivity index (χ0n) is 22.8. The lowest BCUT2D eigenvalue weighted by Crippen LogP contribution is -2.68. The number of fused-ring (bicyclic) bond motifs is 7. The molecule has 0 radical (unpaired) electrons. The molecule has 0 aliphatic heterocycles. The van der Waals surface area contributed by atoms with Gasteiger partial charge in [0, 0.05) is 5.92 Å². The van der Waals surface area contributed by atoms with E-state index in [1.807, 2.05) is 6.92 Å². The third-order valence-electron chi connectivity index (χ3n) is 13.9. The molecule has 0 unspecified atom stereocenters. The van der Waals surface area contributed by atoms with Crippen LogP contribution in [0.5, 0.6) is 0 Å². The molecule has 5 aliphatic carbocycles. The number of carboxylic acid groups (broad SMARTS) is 2. The van der Waals surface area contributed by atoms with Gasteiger partial charge >= 0.3 is 11.9 Å². The van der Waals surface area contributed by atoms with Crippen LogP contribution in [0.15, 0.2) is 0 Å². The Morgan fingerprint density at radius 1 is 0.806 bits per heavy atom. The normalized spacial score (nSPS) is 54.8. The molecule has 202 valence electrons. The van der Waals surface area contributed by atoms with E-state index in [-0.39, 0.29) is 45.8 Å². The lowest BCUT2D eigenvalue weighted by molar-refractivity contribution is -0.252. The van der Waals surface area contributed by atoms with Crippen molar-refractivity contribution in [1.82, 2.24) is 0 Å². The van der Waals surface area contributed by atoms with Crippen molar-refractivity contribution in [3.05, 3.63) is 0 Å². The van der Waals surface area contributed by atoms with Crippen LogP contribution in [0.3, 0.4) is 0 Å². The number of aliphatic hydroxyl groups excluding tert-OH is 1. The van der Waals surface area contributed by atoms with Gasteiger partial charge in [-0.2, -0.15) is 0 Å². The molecule has 5 aliphatic rings. The number of hydrogen-bond donors (Lipinski definition) is 3. The van der Waals surface area contributed by atoms with Crippen molar-refractivity contribution < 1.29 is 29.7 Å². The summed E-state index contributed by atoms with van der Waals surface area (Å²) in [6, 6.07) is 0. The van der Waals surface area contributed by atoms with Gasteiger partial charge in [0.25, 0.3) is 0 Å². The highest BCUT2D eigenvalue weighted by Crippen LogP contribution is 2.77. The average molecular weight is 503 g/mol. The van der Waals surface area contributed by atoms with E-state index in [4.69, 9.17) is 0 Å². The Labute approximate surface area is 215 Å². The van der Waals surface area contributed by atoms with Crippen LogP contribution in [0.25, 0.3) is 0 Å². The lowest BCUT2D eigenvalue weighted by Gasteiger charge is -2.72. The van der Waals surface area contributed by atoms with Crippen molar-refractivity contribution in [3.63, 3.8) is 0 Å². The molecule has 6 heteroatoms. The summed E-state index contributed by atoms with van der Waals surface area (Å²) in [5.41, 5.74) is -2.08. The minimum atomic E-state index is -1.13. The monoisotopic (exact) mass is 502 g/mol. The molecule has 3 N–H and O–H groups in total. The first kappa shape index (κ1) is 26.2. The maximum Gasteiger partial charge on any atom is 0.312 e. The van der Waals surface area contributed by atoms with Gasteiger partial charge in [-0.05, 0) is 117 Å². The first-order valence-electron chi connectivity index (χ1n) is 14.3. The number of rotatable bonds is 4. The SMILES string of the molecule is C[C@H](C=O)[C@@H]1CC[C@]2(C(=O)O)CC[C@]3(C)[C@H](CC[C@@H]4[C@@]5(C)CC[C@@H](O)[C@@](C)(C(=O)O)[C@@H]5CC[C@]43C)[C@@H]12. The predicted octanol–water partition coefficient (Wildman–Crippen LogP) is 5.41. The summed E-state index contributed by atoms with van der Waals surface area (Å²) in [5.74, 6) is -0.999. The summed E-state index contributed by atoms with van der Waals surface area (Å²) in [4.78, 5) is 37.2. The van der Waals surface area contributed by atoms with Gasteiger partial charge in [-0.15, -0.1) is 0 Å². The van der Waals surface area contributed by atoms with E-state index in [0.717, 1.165) is 51.2 Å². The summed E-state index contributed by atoms with van der Waals surface area (Å²) in [6.07, 6.45) is 8.27. The minimum absolute atomic E-state index is 0.0227. The molecule has 0 heterocycles. The second-order valence-corrected chi connectivity index (χ2v) is 14.5. The Bertz CT molecular complexity index is 963. The second-order valence-electron chi connectivity index (χ2n) is 14.5. The van der Waals surface area contributed by atoms with E-state index in [0.29, 0.717) is 25.2 Å². The maximum atomic E-state index is 12.8. The van der Waals surface area contributed by atoms with E-state index in [2.05, 4.69) is 20.8 Å². The summed E-state index contributed by atoms with van der Waals surface area (Å²) < 4.78 is 0. The summed E-state index contributed by atoms with van der Waals surface area (Å²) >= 11 is 0. The molecule has 0 bridgehead atoms. The number of carbonyl (C=O) groups is 3. The van der Waals surface area contributed by atoms with Crippen molar-refractivity contribution in [2.75, 3.05) is 0 Å². The molecule has 0 spiro atoms. The standard InChI is InChI=1S/C30H46O6/c1-17(16-31)18-8-13-30(25(35)36)15-14-27(3)19(23(18)30)6-7-20-26(2)11-10-22(32)29(5,24(33)34)21(26)9-12-28(20,27)4/h16-23,32H,6-15H2,1-5H3,(H,33,34)(H,35,36)/t17-,18+,19-,20-,21-,22-,23-,26-,27-,28-,29+,30+/m1/s1. The first-order valence-corrected chi connectivity index (χ1v) is 14.3. The van der Waals surface area contributed by atoms with Crippen LogP contribution in [0.4, 0.5) is 0 Å². The molecule has 0 aromatic heterocycles. The summed E-state index contributed by atoms with van der Waals surface area (Å²) in [5, 5.41) is 31.6. The number of hydrogen-bond acceptors (Lipinski definition) is 4. The minimum Gasteiger partial charge on any atom is -0.481 e. The van der Waals surface area contributed by atoms with Crippen molar-refractivity contribution in [1.29, 1.82) is 0 Å². The zero-order valence-corrected chi connectivity index (χ0v) is 22.8. The Kier molecular flexibility index (Phi) is 5.85. The van der Waals surface area contributed by atoms with Crippen molar-refractivity contribution in [2.24, 2.45) is 62.6 Å². The van der Waals surface area contributed by atoms with Crippen molar-refractivity contribution in [3.8, 4) is 0 Å².